The normalized spacial score (nSPS) is 9.14. The van der Waals surface area contributed by atoms with Crippen molar-refractivity contribution in [3.8, 4) is 0 Å². The molecule has 0 unspecified atom stereocenters. The van der Waals surface area contributed by atoms with Crippen molar-refractivity contribution in [2.45, 2.75) is 127 Å². The van der Waals surface area contributed by atoms with Crippen LogP contribution in [0.1, 0.15) is 119 Å². The molecule has 0 atom stereocenters. The number of hydrogen-bond acceptors (Lipinski definition) is 1. The highest BCUT2D eigenvalue weighted by Crippen LogP contribution is 2.14. The third kappa shape index (κ3) is 32.6. The summed E-state index contributed by atoms with van der Waals surface area (Å²) in [6, 6.07) is 8.33. The van der Waals surface area contributed by atoms with E-state index in [0.29, 0.717) is 6.61 Å². The van der Waals surface area contributed by atoms with Crippen LogP contribution in [0.5, 0.6) is 0 Å². The molecule has 0 spiro atoms. The van der Waals surface area contributed by atoms with E-state index in [1.54, 1.807) is 0 Å². The zero-order chi connectivity index (χ0) is 23.0. The van der Waals surface area contributed by atoms with Crippen LogP contribution in [0.25, 0.3) is 0 Å². The molecule has 0 saturated heterocycles. The molecule has 0 aliphatic heterocycles. The lowest BCUT2D eigenvalue weighted by atomic mass is 10.1. The second-order valence-corrected chi connectivity index (χ2v) is 7.39. The summed E-state index contributed by atoms with van der Waals surface area (Å²) >= 11 is 0. The zero-order valence-corrected chi connectivity index (χ0v) is 21.7. The maximum atomic E-state index is 5.70. The molecule has 1 heteroatoms. The minimum Gasteiger partial charge on any atom is -0.371 e. The first-order valence-corrected chi connectivity index (χ1v) is 11.5. The van der Waals surface area contributed by atoms with E-state index in [-0.39, 0.29) is 5.60 Å². The van der Waals surface area contributed by atoms with Crippen molar-refractivity contribution in [2.24, 2.45) is 0 Å². The predicted molar refractivity (Wildman–Crippen MR) is 133 cm³/mol. The first-order valence-electron chi connectivity index (χ1n) is 11.5. The second kappa shape index (κ2) is 25.9. The standard InChI is InChI=1S/C12H18O.C6H12.C5H12.2C2H6/c1-10-7-5-6-8-11(10)9-13-12(2,3)4;1-4-5-6(2)3;1-3-5-4-2;2*1-2/h5-8H,9H2,1-4H3;2,4-5H2,1,3H3;3-5H2,1-2H3;2*1-2H3. The lowest BCUT2D eigenvalue weighted by molar-refractivity contribution is -0.0151. The molecule has 0 heterocycles. The first-order chi connectivity index (χ1) is 13.2. The molecule has 1 aromatic rings. The van der Waals surface area contributed by atoms with Crippen LogP contribution in [0, 0.1) is 6.92 Å². The molecule has 0 aromatic heterocycles. The Kier molecular flexibility index (Phi) is 31.9. The largest absolute Gasteiger partial charge is 0.371 e. The minimum absolute atomic E-state index is 0.0533. The lowest BCUT2D eigenvalue weighted by Gasteiger charge is -2.20. The van der Waals surface area contributed by atoms with Gasteiger partial charge in [0.05, 0.1) is 12.2 Å². The summed E-state index contributed by atoms with van der Waals surface area (Å²) in [6.07, 6.45) is 6.49. The van der Waals surface area contributed by atoms with Gasteiger partial charge < -0.3 is 4.74 Å². The predicted octanol–water partition coefficient (Wildman–Crippen LogP) is 9.92. The van der Waals surface area contributed by atoms with Crippen molar-refractivity contribution < 1.29 is 4.74 Å². The third-order valence-electron chi connectivity index (χ3n) is 3.31. The van der Waals surface area contributed by atoms with Gasteiger partial charge in [-0.1, -0.05) is 104 Å². The first kappa shape index (κ1) is 34.4. The summed E-state index contributed by atoms with van der Waals surface area (Å²) < 4.78 is 5.70. The number of aryl methyl sites for hydroxylation is 1. The van der Waals surface area contributed by atoms with Gasteiger partial charge in [-0.25, -0.2) is 0 Å². The van der Waals surface area contributed by atoms with Crippen LogP contribution < -0.4 is 0 Å². The summed E-state index contributed by atoms with van der Waals surface area (Å²) in [4.78, 5) is 0. The van der Waals surface area contributed by atoms with E-state index >= 15 is 0 Å². The van der Waals surface area contributed by atoms with Crippen LogP contribution in [0.4, 0.5) is 0 Å². The smallest absolute Gasteiger partial charge is 0.0726 e. The fourth-order valence-electron chi connectivity index (χ4n) is 1.85. The monoisotopic (exact) mass is 394 g/mol. The fraction of sp³-hybridized carbons (Fsp3) is 0.704. The van der Waals surface area contributed by atoms with Gasteiger partial charge >= 0.3 is 0 Å². The van der Waals surface area contributed by atoms with Crippen LogP contribution in [0.2, 0.25) is 0 Å². The van der Waals surface area contributed by atoms with Crippen LogP contribution >= 0.6 is 0 Å². The number of allylic oxidation sites excluding steroid dienone is 1. The molecule has 0 aliphatic carbocycles. The van der Waals surface area contributed by atoms with Gasteiger partial charge in [0.1, 0.15) is 0 Å². The molecule has 0 bridgehead atoms. The number of hydrogen-bond donors (Lipinski definition) is 0. The molecule has 0 fully saturated rings. The summed E-state index contributed by atoms with van der Waals surface area (Å²) in [6.45, 7) is 29.4. The molecule has 28 heavy (non-hydrogen) atoms. The number of ether oxygens (including phenoxy) is 1. The van der Waals surface area contributed by atoms with Gasteiger partial charge in [0, 0.05) is 0 Å². The second-order valence-electron chi connectivity index (χ2n) is 7.39. The maximum Gasteiger partial charge on any atom is 0.0726 e. The minimum atomic E-state index is -0.0533. The fourth-order valence-corrected chi connectivity index (χ4v) is 1.85. The van der Waals surface area contributed by atoms with Crippen molar-refractivity contribution in [1.29, 1.82) is 0 Å². The lowest BCUT2D eigenvalue weighted by Crippen LogP contribution is -2.18. The van der Waals surface area contributed by atoms with E-state index in [4.69, 9.17) is 4.74 Å². The average Bonchev–Trinajstić information content (AvgIpc) is 2.65. The molecule has 0 saturated carbocycles. The molecule has 0 radical (unpaired) electrons. The van der Waals surface area contributed by atoms with Gasteiger partial charge in [-0.2, -0.15) is 0 Å². The average molecular weight is 395 g/mol. The SMILES string of the molecule is C=C(C)CCC.CC.CC.CCCCC.Cc1ccccc1COC(C)(C)C. The molecule has 1 nitrogen and oxygen atoms in total. The van der Waals surface area contributed by atoms with Crippen molar-refractivity contribution in [1.82, 2.24) is 0 Å². The van der Waals surface area contributed by atoms with Crippen molar-refractivity contribution in [3.05, 3.63) is 47.5 Å². The van der Waals surface area contributed by atoms with E-state index in [0.717, 1.165) is 0 Å². The number of benzene rings is 1. The summed E-state index contributed by atoms with van der Waals surface area (Å²) in [5.74, 6) is 0. The van der Waals surface area contributed by atoms with Gasteiger partial charge in [-0.15, -0.1) is 6.58 Å². The van der Waals surface area contributed by atoms with Crippen LogP contribution in [0.3, 0.4) is 0 Å². The molecule has 1 rings (SSSR count). The van der Waals surface area contributed by atoms with Gasteiger partial charge in [-0.3, -0.25) is 0 Å². The quantitative estimate of drug-likeness (QED) is 0.436. The zero-order valence-electron chi connectivity index (χ0n) is 21.7. The summed E-state index contributed by atoms with van der Waals surface area (Å²) in [5, 5.41) is 0. The van der Waals surface area contributed by atoms with Crippen LogP contribution in [0.15, 0.2) is 36.4 Å². The Morgan fingerprint density at radius 2 is 1.36 bits per heavy atom. The molecular weight excluding hydrogens is 340 g/mol. The maximum absolute atomic E-state index is 5.70. The molecule has 0 amide bonds. The topological polar surface area (TPSA) is 9.23 Å². The van der Waals surface area contributed by atoms with E-state index in [1.807, 2.05) is 33.8 Å². The third-order valence-corrected chi connectivity index (χ3v) is 3.31. The Morgan fingerprint density at radius 1 is 0.893 bits per heavy atom. The Morgan fingerprint density at radius 3 is 1.61 bits per heavy atom. The Balaban J connectivity index is -0.000000161. The van der Waals surface area contributed by atoms with E-state index in [9.17, 15) is 0 Å². The molecule has 0 aliphatic rings. The Bertz CT molecular complexity index is 411. The molecule has 168 valence electrons. The van der Waals surface area contributed by atoms with Gasteiger partial charge in [-0.05, 0) is 52.2 Å². The summed E-state index contributed by atoms with van der Waals surface area (Å²) in [5.41, 5.74) is 3.81. The molecule has 0 N–H and O–H groups in total. The van der Waals surface area contributed by atoms with Gasteiger partial charge in [0.2, 0.25) is 0 Å². The Hall–Kier alpha value is -1.08. The van der Waals surface area contributed by atoms with Crippen molar-refractivity contribution >= 4 is 0 Å². The number of rotatable bonds is 6. The van der Waals surface area contributed by atoms with Crippen molar-refractivity contribution in [3.63, 3.8) is 0 Å². The van der Waals surface area contributed by atoms with E-state index < -0.39 is 0 Å². The summed E-state index contributed by atoms with van der Waals surface area (Å²) in [7, 11) is 0. The van der Waals surface area contributed by atoms with Crippen LogP contribution in [-0.4, -0.2) is 5.60 Å². The highest BCUT2D eigenvalue weighted by Gasteiger charge is 2.10. The highest BCUT2D eigenvalue weighted by atomic mass is 16.5. The van der Waals surface area contributed by atoms with Crippen molar-refractivity contribution in [2.75, 3.05) is 0 Å². The van der Waals surface area contributed by atoms with Gasteiger partial charge in [0.25, 0.3) is 0 Å². The Labute approximate surface area is 180 Å². The van der Waals surface area contributed by atoms with Crippen LogP contribution in [-0.2, 0) is 11.3 Å². The van der Waals surface area contributed by atoms with Gasteiger partial charge in [0.15, 0.2) is 0 Å². The van der Waals surface area contributed by atoms with E-state index in [1.165, 1.54) is 48.8 Å². The van der Waals surface area contributed by atoms with E-state index in [2.05, 4.69) is 80.2 Å². The number of unbranched alkanes of at least 4 members (excludes halogenated alkanes) is 2. The molecule has 1 aromatic carbocycles. The molecular formula is C27H54O. The highest BCUT2D eigenvalue weighted by molar-refractivity contribution is 5.24.